The molecule has 0 saturated heterocycles. The van der Waals surface area contributed by atoms with E-state index in [2.05, 4.69) is 4.74 Å². The fourth-order valence-electron chi connectivity index (χ4n) is 0.744. The minimum atomic E-state index is -0.323. The van der Waals surface area contributed by atoms with Crippen molar-refractivity contribution in [2.75, 3.05) is 7.11 Å². The van der Waals surface area contributed by atoms with E-state index in [4.69, 9.17) is 0 Å². The molecule has 0 saturated carbocycles. The number of hydrogen-bond acceptors (Lipinski definition) is 2. The molecule has 0 heterocycles. The smallest absolute Gasteiger partial charge is 0.617 e. The van der Waals surface area contributed by atoms with Gasteiger partial charge in [0.1, 0.15) is 0 Å². The minimum Gasteiger partial charge on any atom is -0.617 e. The van der Waals surface area contributed by atoms with Crippen molar-refractivity contribution in [3.8, 4) is 0 Å². The summed E-state index contributed by atoms with van der Waals surface area (Å²) in [6.07, 6.45) is 1.44. The van der Waals surface area contributed by atoms with E-state index in [9.17, 15) is 5.11 Å². The molecule has 1 aromatic rings. The maximum Gasteiger partial charge on any atom is 1.00 e. The van der Waals surface area contributed by atoms with Gasteiger partial charge in [-0.05, 0) is 18.7 Å². The summed E-state index contributed by atoms with van der Waals surface area (Å²) >= 11 is 0. The fourth-order valence-corrected chi connectivity index (χ4v) is 0.744. The van der Waals surface area contributed by atoms with E-state index in [1.807, 2.05) is 30.3 Å². The Hall–Kier alpha value is -0.440. The van der Waals surface area contributed by atoms with Crippen LogP contribution in [0.2, 0.25) is 0 Å². The summed E-state index contributed by atoms with van der Waals surface area (Å²) in [4.78, 5) is 0. The van der Waals surface area contributed by atoms with Crippen LogP contribution < -0.4 is 34.7 Å². The van der Waals surface area contributed by atoms with Gasteiger partial charge in [-0.15, -0.1) is 0 Å². The molecular formula is C9H9NaO2. The minimum absolute atomic E-state index is 0. The summed E-state index contributed by atoms with van der Waals surface area (Å²) in [5.74, 6) is -0.323. The zero-order valence-corrected chi connectivity index (χ0v) is 9.28. The van der Waals surface area contributed by atoms with Crippen LogP contribution in [0.15, 0.2) is 36.3 Å². The molecule has 1 aromatic carbocycles. The molecule has 0 aliphatic heterocycles. The Morgan fingerprint density at radius 2 is 1.92 bits per heavy atom. The van der Waals surface area contributed by atoms with Crippen molar-refractivity contribution < 1.29 is 39.4 Å². The van der Waals surface area contributed by atoms with Gasteiger partial charge in [-0.25, -0.2) is 0 Å². The van der Waals surface area contributed by atoms with Crippen molar-refractivity contribution in [3.05, 3.63) is 41.8 Å². The van der Waals surface area contributed by atoms with Crippen LogP contribution in [0, 0.1) is 0 Å². The molecule has 0 N–H and O–H groups in total. The molecule has 0 radical (unpaired) electrons. The predicted molar refractivity (Wildman–Crippen MR) is 41.4 cm³/mol. The average Bonchev–Trinajstić information content (AvgIpc) is 2.06. The van der Waals surface area contributed by atoms with Gasteiger partial charge in [0.25, 0.3) is 0 Å². The third-order valence-electron chi connectivity index (χ3n) is 1.29. The van der Waals surface area contributed by atoms with Gasteiger partial charge >= 0.3 is 29.6 Å². The van der Waals surface area contributed by atoms with E-state index in [0.29, 0.717) is 0 Å². The van der Waals surface area contributed by atoms with Crippen molar-refractivity contribution >= 4 is 6.08 Å². The number of benzene rings is 1. The Kier molecular flexibility index (Phi) is 5.89. The van der Waals surface area contributed by atoms with Gasteiger partial charge in [0.2, 0.25) is 0 Å². The first-order chi connectivity index (χ1) is 5.33. The topological polar surface area (TPSA) is 32.3 Å². The normalized spacial score (nSPS) is 10.2. The van der Waals surface area contributed by atoms with Crippen molar-refractivity contribution in [1.82, 2.24) is 0 Å². The molecule has 12 heavy (non-hydrogen) atoms. The van der Waals surface area contributed by atoms with E-state index in [-0.39, 0.29) is 35.5 Å². The van der Waals surface area contributed by atoms with Gasteiger partial charge in [0, 0.05) is 0 Å². The number of rotatable bonds is 2. The first kappa shape index (κ1) is 11.6. The van der Waals surface area contributed by atoms with Gasteiger partial charge in [-0.1, -0.05) is 30.3 Å². The van der Waals surface area contributed by atoms with Gasteiger partial charge in [0.05, 0.1) is 5.95 Å². The van der Waals surface area contributed by atoms with Crippen molar-refractivity contribution in [2.45, 2.75) is 0 Å². The molecule has 58 valence electrons. The molecule has 0 amide bonds. The van der Waals surface area contributed by atoms with E-state index < -0.39 is 0 Å². The summed E-state index contributed by atoms with van der Waals surface area (Å²) in [6.45, 7) is 0. The van der Waals surface area contributed by atoms with Crippen LogP contribution in [0.1, 0.15) is 5.56 Å². The molecule has 1 rings (SSSR count). The molecular weight excluding hydrogens is 163 g/mol. The van der Waals surface area contributed by atoms with Gasteiger partial charge in [0.15, 0.2) is 0 Å². The van der Waals surface area contributed by atoms with Crippen molar-refractivity contribution in [2.24, 2.45) is 0 Å². The molecule has 0 atom stereocenters. The molecule has 0 aliphatic rings. The molecule has 3 heteroatoms. The van der Waals surface area contributed by atoms with Crippen LogP contribution in [-0.2, 0) is 4.74 Å². The molecule has 0 unspecified atom stereocenters. The van der Waals surface area contributed by atoms with Crippen LogP contribution >= 0.6 is 0 Å². The van der Waals surface area contributed by atoms with Crippen LogP contribution in [0.25, 0.3) is 6.08 Å². The Balaban J connectivity index is 0.00000121. The molecule has 0 fully saturated rings. The Morgan fingerprint density at radius 3 is 2.42 bits per heavy atom. The van der Waals surface area contributed by atoms with E-state index in [0.717, 1.165) is 5.56 Å². The second-order valence-corrected chi connectivity index (χ2v) is 2.08. The number of methoxy groups -OCH3 is 1. The molecule has 0 aromatic heterocycles. The summed E-state index contributed by atoms with van der Waals surface area (Å²) in [6, 6.07) is 9.33. The fraction of sp³-hybridized carbons (Fsp3) is 0.111. The zero-order valence-electron chi connectivity index (χ0n) is 7.28. The monoisotopic (exact) mass is 172 g/mol. The average molecular weight is 172 g/mol. The quantitative estimate of drug-likeness (QED) is 0.381. The Morgan fingerprint density at radius 1 is 1.33 bits per heavy atom. The summed E-state index contributed by atoms with van der Waals surface area (Å²) in [5, 5.41) is 10.7. The second kappa shape index (κ2) is 6.12. The van der Waals surface area contributed by atoms with Crippen LogP contribution in [0.5, 0.6) is 0 Å². The third-order valence-corrected chi connectivity index (χ3v) is 1.29. The van der Waals surface area contributed by atoms with Crippen molar-refractivity contribution in [3.63, 3.8) is 0 Å². The number of hydrogen-bond donors (Lipinski definition) is 0. The van der Waals surface area contributed by atoms with E-state index in [1.165, 1.54) is 13.2 Å². The van der Waals surface area contributed by atoms with Gasteiger partial charge in [-0.2, -0.15) is 0 Å². The summed E-state index contributed by atoms with van der Waals surface area (Å²) < 4.78 is 4.46. The molecule has 2 nitrogen and oxygen atoms in total. The van der Waals surface area contributed by atoms with E-state index >= 15 is 0 Å². The summed E-state index contributed by atoms with van der Waals surface area (Å²) in [7, 11) is 1.36. The van der Waals surface area contributed by atoms with Crippen LogP contribution in [0.3, 0.4) is 0 Å². The van der Waals surface area contributed by atoms with Gasteiger partial charge in [-0.3, -0.25) is 0 Å². The zero-order chi connectivity index (χ0) is 8.10. The largest absolute Gasteiger partial charge is 1.00 e. The van der Waals surface area contributed by atoms with E-state index in [1.54, 1.807) is 0 Å². The standard InChI is InChI=1S/C9H10O2.Na/c1-11-9(10)7-8-5-3-2-4-6-8;/h2-7,10H,1H3;/q;+1/p-1/b9-7-;. The van der Waals surface area contributed by atoms with Gasteiger partial charge < -0.3 is 9.84 Å². The SMILES string of the molecule is CO/C([O-])=C\c1ccccc1.[Na+]. The first-order valence-corrected chi connectivity index (χ1v) is 3.30. The molecule has 0 bridgehead atoms. The third kappa shape index (κ3) is 3.81. The Labute approximate surface area is 94.2 Å². The maximum atomic E-state index is 10.7. The second-order valence-electron chi connectivity index (χ2n) is 2.08. The first-order valence-electron chi connectivity index (χ1n) is 3.30. The molecule has 0 spiro atoms. The number of ether oxygens (including phenoxy) is 1. The predicted octanol–water partition coefficient (Wildman–Crippen LogP) is -2.00. The van der Waals surface area contributed by atoms with Crippen LogP contribution in [-0.4, -0.2) is 7.11 Å². The van der Waals surface area contributed by atoms with Crippen molar-refractivity contribution in [1.29, 1.82) is 0 Å². The summed E-state index contributed by atoms with van der Waals surface area (Å²) in [5.41, 5.74) is 0.861. The Bertz CT molecular complexity index is 244. The molecule has 0 aliphatic carbocycles. The maximum absolute atomic E-state index is 10.7. The van der Waals surface area contributed by atoms with Crippen LogP contribution in [0.4, 0.5) is 0 Å².